The van der Waals surface area contributed by atoms with Crippen molar-refractivity contribution in [3.63, 3.8) is 0 Å². The van der Waals surface area contributed by atoms with Crippen molar-refractivity contribution in [2.45, 2.75) is 31.0 Å². The fourth-order valence-corrected chi connectivity index (χ4v) is 3.69. The minimum Gasteiger partial charge on any atom is -0.249 e. The summed E-state index contributed by atoms with van der Waals surface area (Å²) >= 11 is 5.90. The first-order valence-electron chi connectivity index (χ1n) is 8.17. The van der Waals surface area contributed by atoms with E-state index in [1.54, 1.807) is 36.4 Å². The van der Waals surface area contributed by atoms with Gasteiger partial charge in [-0.15, -0.1) is 0 Å². The van der Waals surface area contributed by atoms with Gasteiger partial charge in [0, 0.05) is 11.4 Å². The number of hydrogen-bond donors (Lipinski definition) is 0. The van der Waals surface area contributed by atoms with Crippen LogP contribution in [0.4, 0.5) is 18.9 Å². The van der Waals surface area contributed by atoms with E-state index >= 15 is 0 Å². The molecular formula is C19H16ClF3N2. The number of benzene rings is 2. The Labute approximate surface area is 148 Å². The molecule has 0 aromatic heterocycles. The smallest absolute Gasteiger partial charge is 0.249 e. The second-order valence-electron chi connectivity index (χ2n) is 6.57. The van der Waals surface area contributed by atoms with Crippen LogP contribution in [0.25, 0.3) is 0 Å². The van der Waals surface area contributed by atoms with Crippen molar-refractivity contribution in [1.29, 1.82) is 0 Å². The average Bonchev–Trinajstić information content (AvgIpc) is 3.35. The predicted molar refractivity (Wildman–Crippen MR) is 93.0 cm³/mol. The van der Waals surface area contributed by atoms with Crippen molar-refractivity contribution in [1.82, 2.24) is 0 Å². The lowest BCUT2D eigenvalue weighted by atomic mass is 9.85. The van der Waals surface area contributed by atoms with E-state index in [-0.39, 0.29) is 6.42 Å². The van der Waals surface area contributed by atoms with Crippen LogP contribution in [0.1, 0.15) is 24.8 Å². The molecule has 1 fully saturated rings. The van der Waals surface area contributed by atoms with Gasteiger partial charge in [-0.2, -0.15) is 18.3 Å². The zero-order chi connectivity index (χ0) is 17.7. The third-order valence-electron chi connectivity index (χ3n) is 4.96. The third-order valence-corrected chi connectivity index (χ3v) is 5.21. The molecule has 2 aromatic rings. The Morgan fingerprint density at radius 1 is 1.00 bits per heavy atom. The molecule has 1 saturated carbocycles. The van der Waals surface area contributed by atoms with E-state index in [9.17, 15) is 13.2 Å². The average molecular weight is 365 g/mol. The molecule has 1 unspecified atom stereocenters. The molecule has 6 heteroatoms. The molecule has 1 atom stereocenters. The standard InChI is InChI=1S/C19H16ClF3N2/c20-15-8-10-16(11-9-15)25-18(14-6-7-14,19(21,22)23)12-17(24-25)13-4-2-1-3-5-13/h1-5,8-11,14H,6-7,12H2. The molecule has 2 nitrogen and oxygen atoms in total. The molecule has 4 rings (SSSR count). The minimum absolute atomic E-state index is 0.131. The van der Waals surface area contributed by atoms with E-state index in [1.807, 2.05) is 18.2 Å². The van der Waals surface area contributed by atoms with Crippen LogP contribution in [0.15, 0.2) is 59.7 Å². The van der Waals surface area contributed by atoms with Gasteiger partial charge in [-0.3, -0.25) is 0 Å². The first-order chi connectivity index (χ1) is 11.9. The zero-order valence-corrected chi connectivity index (χ0v) is 14.1. The maximum absolute atomic E-state index is 14.3. The zero-order valence-electron chi connectivity index (χ0n) is 13.3. The first-order valence-corrected chi connectivity index (χ1v) is 8.55. The highest BCUT2D eigenvalue weighted by Crippen LogP contribution is 2.57. The van der Waals surface area contributed by atoms with E-state index in [0.717, 1.165) is 5.56 Å². The van der Waals surface area contributed by atoms with Crippen molar-refractivity contribution in [3.8, 4) is 0 Å². The van der Waals surface area contributed by atoms with Gasteiger partial charge in [0.1, 0.15) is 0 Å². The summed E-state index contributed by atoms with van der Waals surface area (Å²) in [7, 11) is 0. The number of anilines is 1. The van der Waals surface area contributed by atoms with Crippen LogP contribution in [-0.4, -0.2) is 17.4 Å². The molecule has 0 saturated heterocycles. The van der Waals surface area contributed by atoms with Crippen molar-refractivity contribution in [3.05, 3.63) is 65.2 Å². The quantitative estimate of drug-likeness (QED) is 0.685. The summed E-state index contributed by atoms with van der Waals surface area (Å²) in [6.45, 7) is 0. The van der Waals surface area contributed by atoms with Gasteiger partial charge in [0.25, 0.3) is 0 Å². The van der Waals surface area contributed by atoms with Crippen LogP contribution < -0.4 is 5.01 Å². The fraction of sp³-hybridized carbons (Fsp3) is 0.316. The van der Waals surface area contributed by atoms with Crippen molar-refractivity contribution in [2.75, 3.05) is 5.01 Å². The molecule has 2 aromatic carbocycles. The number of rotatable bonds is 3. The molecule has 130 valence electrons. The van der Waals surface area contributed by atoms with Gasteiger partial charge in [-0.05, 0) is 48.6 Å². The summed E-state index contributed by atoms with van der Waals surface area (Å²) in [6, 6.07) is 15.5. The van der Waals surface area contributed by atoms with E-state index < -0.39 is 17.6 Å². The summed E-state index contributed by atoms with van der Waals surface area (Å²) in [6.07, 6.45) is -3.37. The van der Waals surface area contributed by atoms with Crippen LogP contribution in [0.2, 0.25) is 5.02 Å². The second kappa shape index (κ2) is 5.77. The van der Waals surface area contributed by atoms with Crippen LogP contribution in [0.3, 0.4) is 0 Å². The summed E-state index contributed by atoms with van der Waals surface area (Å²) in [5.74, 6) is -0.437. The Balaban J connectivity index is 1.84. The molecule has 1 aliphatic heterocycles. The maximum atomic E-state index is 14.3. The summed E-state index contributed by atoms with van der Waals surface area (Å²) in [5.41, 5.74) is -0.362. The fourth-order valence-electron chi connectivity index (χ4n) is 3.57. The highest BCUT2D eigenvalue weighted by Gasteiger charge is 2.68. The van der Waals surface area contributed by atoms with Crippen molar-refractivity contribution in [2.24, 2.45) is 11.0 Å². The maximum Gasteiger partial charge on any atom is 0.414 e. The molecule has 2 aliphatic rings. The lowest BCUT2D eigenvalue weighted by Crippen LogP contribution is -2.57. The minimum atomic E-state index is -4.38. The third kappa shape index (κ3) is 2.71. The second-order valence-corrected chi connectivity index (χ2v) is 7.01. The van der Waals surface area contributed by atoms with Crippen molar-refractivity contribution < 1.29 is 13.2 Å². The largest absolute Gasteiger partial charge is 0.414 e. The van der Waals surface area contributed by atoms with Gasteiger partial charge in [-0.1, -0.05) is 41.9 Å². The normalized spacial score (nSPS) is 23.7. The summed E-state index contributed by atoms with van der Waals surface area (Å²) in [5, 5.41) is 6.10. The topological polar surface area (TPSA) is 15.6 Å². The van der Waals surface area contributed by atoms with Crippen LogP contribution in [0.5, 0.6) is 0 Å². The van der Waals surface area contributed by atoms with Gasteiger partial charge in [0.15, 0.2) is 5.54 Å². The highest BCUT2D eigenvalue weighted by atomic mass is 35.5. The first kappa shape index (κ1) is 16.5. The van der Waals surface area contributed by atoms with Gasteiger partial charge in [0.05, 0.1) is 11.4 Å². The Kier molecular flexibility index (Phi) is 3.80. The van der Waals surface area contributed by atoms with Gasteiger partial charge >= 0.3 is 6.18 Å². The van der Waals surface area contributed by atoms with Gasteiger partial charge in [0.2, 0.25) is 0 Å². The molecular weight excluding hydrogens is 349 g/mol. The monoisotopic (exact) mass is 364 g/mol. The van der Waals surface area contributed by atoms with Gasteiger partial charge < -0.3 is 0 Å². The van der Waals surface area contributed by atoms with Gasteiger partial charge in [-0.25, -0.2) is 5.01 Å². The SMILES string of the molecule is FC(F)(F)C1(C2CC2)CC(c2ccccc2)=NN1c1ccc(Cl)cc1. The van der Waals surface area contributed by atoms with Crippen LogP contribution >= 0.6 is 11.6 Å². The van der Waals surface area contributed by atoms with Crippen molar-refractivity contribution >= 4 is 23.0 Å². The molecule has 0 spiro atoms. The summed E-state index contributed by atoms with van der Waals surface area (Å²) in [4.78, 5) is 0. The number of hydrazone groups is 1. The number of nitrogens with zero attached hydrogens (tertiary/aromatic N) is 2. The Morgan fingerprint density at radius 2 is 1.64 bits per heavy atom. The molecule has 0 bridgehead atoms. The van der Waals surface area contributed by atoms with E-state index in [2.05, 4.69) is 5.10 Å². The number of alkyl halides is 3. The predicted octanol–water partition coefficient (Wildman–Crippen LogP) is 5.67. The number of hydrogen-bond acceptors (Lipinski definition) is 2. The Morgan fingerprint density at radius 3 is 2.20 bits per heavy atom. The number of halogens is 4. The summed E-state index contributed by atoms with van der Waals surface area (Å²) < 4.78 is 42.8. The van der Waals surface area contributed by atoms with E-state index in [1.165, 1.54) is 5.01 Å². The lowest BCUT2D eigenvalue weighted by Gasteiger charge is -2.39. The molecule has 0 radical (unpaired) electrons. The Hall–Kier alpha value is -2.01. The van der Waals surface area contributed by atoms with E-state index in [4.69, 9.17) is 11.6 Å². The van der Waals surface area contributed by atoms with E-state index in [0.29, 0.717) is 29.3 Å². The molecule has 0 amide bonds. The molecule has 1 heterocycles. The molecule has 1 aliphatic carbocycles. The Bertz CT molecular complexity index is 798. The lowest BCUT2D eigenvalue weighted by molar-refractivity contribution is -0.189. The highest BCUT2D eigenvalue weighted by molar-refractivity contribution is 6.30. The molecule has 0 N–H and O–H groups in total. The van der Waals surface area contributed by atoms with Crippen LogP contribution in [-0.2, 0) is 0 Å². The molecule has 25 heavy (non-hydrogen) atoms. The van der Waals surface area contributed by atoms with Crippen LogP contribution in [0, 0.1) is 5.92 Å².